The third-order valence-electron chi connectivity index (χ3n) is 3.23. The van der Waals surface area contributed by atoms with Crippen LogP contribution in [0.1, 0.15) is 45.7 Å². The molecule has 1 atom stereocenters. The number of hydrogen-bond acceptors (Lipinski definition) is 2. The van der Waals surface area contributed by atoms with Gasteiger partial charge in [0.15, 0.2) is 0 Å². The van der Waals surface area contributed by atoms with Crippen molar-refractivity contribution < 1.29 is 9.90 Å². The van der Waals surface area contributed by atoms with Gasteiger partial charge in [-0.15, -0.1) is 0 Å². The molecule has 1 rings (SSSR count). The molecule has 0 heterocycles. The molecule has 0 aliphatic rings. The minimum absolute atomic E-state index is 0.0642. The molecule has 1 aromatic carbocycles. The standard InChI is InChI=1S/C16H25ClN2O2/c1-5-14(12-7-9-13(17)10-8-12)18-15(20)19(6-2)11-16(3,4)21/h7-10,14,21H,5-6,11H2,1-4H3,(H,18,20). The van der Waals surface area contributed by atoms with Crippen LogP contribution in [0.15, 0.2) is 24.3 Å². The van der Waals surface area contributed by atoms with E-state index >= 15 is 0 Å². The second-order valence-corrected chi connectivity index (χ2v) is 6.22. The molecule has 0 radical (unpaired) electrons. The summed E-state index contributed by atoms with van der Waals surface area (Å²) in [6.07, 6.45) is 0.785. The van der Waals surface area contributed by atoms with Crippen LogP contribution < -0.4 is 5.32 Å². The number of benzene rings is 1. The SMILES string of the molecule is CCC(NC(=O)N(CC)CC(C)(C)O)c1ccc(Cl)cc1. The predicted octanol–water partition coefficient (Wildman–Crippen LogP) is 3.59. The van der Waals surface area contributed by atoms with E-state index in [9.17, 15) is 9.90 Å². The first-order valence-electron chi connectivity index (χ1n) is 7.30. The van der Waals surface area contributed by atoms with Crippen LogP contribution in [0.2, 0.25) is 5.02 Å². The van der Waals surface area contributed by atoms with E-state index in [1.807, 2.05) is 38.1 Å². The first-order valence-corrected chi connectivity index (χ1v) is 7.68. The molecule has 0 aliphatic carbocycles. The first kappa shape index (κ1) is 17.8. The highest BCUT2D eigenvalue weighted by molar-refractivity contribution is 6.30. The van der Waals surface area contributed by atoms with Gasteiger partial charge >= 0.3 is 6.03 Å². The van der Waals surface area contributed by atoms with Crippen molar-refractivity contribution in [3.63, 3.8) is 0 Å². The van der Waals surface area contributed by atoms with Gasteiger partial charge in [-0.05, 0) is 44.9 Å². The first-order chi connectivity index (χ1) is 9.76. The Kier molecular flexibility index (Phi) is 6.49. The molecule has 5 heteroatoms. The van der Waals surface area contributed by atoms with Gasteiger partial charge in [0.1, 0.15) is 0 Å². The summed E-state index contributed by atoms with van der Waals surface area (Å²) in [6, 6.07) is 7.25. The summed E-state index contributed by atoms with van der Waals surface area (Å²) in [5.41, 5.74) is 0.115. The number of rotatable bonds is 6. The van der Waals surface area contributed by atoms with E-state index in [1.54, 1.807) is 18.7 Å². The van der Waals surface area contributed by atoms with Crippen molar-refractivity contribution in [3.05, 3.63) is 34.9 Å². The molecule has 0 saturated carbocycles. The molecule has 0 saturated heterocycles. The van der Waals surface area contributed by atoms with Gasteiger partial charge in [0.05, 0.1) is 18.2 Å². The third kappa shape index (κ3) is 5.94. The molecule has 0 aliphatic heterocycles. The van der Waals surface area contributed by atoms with Gasteiger partial charge in [-0.25, -0.2) is 4.79 Å². The largest absolute Gasteiger partial charge is 0.389 e. The monoisotopic (exact) mass is 312 g/mol. The van der Waals surface area contributed by atoms with Crippen molar-refractivity contribution in [2.45, 2.75) is 45.8 Å². The normalized spacial score (nSPS) is 12.9. The fourth-order valence-corrected chi connectivity index (χ4v) is 2.28. The van der Waals surface area contributed by atoms with Crippen LogP contribution in [0.5, 0.6) is 0 Å². The summed E-state index contributed by atoms with van der Waals surface area (Å²) in [5, 5.41) is 13.6. The van der Waals surface area contributed by atoms with E-state index in [-0.39, 0.29) is 12.1 Å². The van der Waals surface area contributed by atoms with Gasteiger partial charge in [-0.3, -0.25) is 0 Å². The van der Waals surface area contributed by atoms with Gasteiger partial charge in [0, 0.05) is 11.6 Å². The number of nitrogens with zero attached hydrogens (tertiary/aromatic N) is 1. The highest BCUT2D eigenvalue weighted by atomic mass is 35.5. The smallest absolute Gasteiger partial charge is 0.317 e. The quantitative estimate of drug-likeness (QED) is 0.843. The van der Waals surface area contributed by atoms with E-state index in [0.29, 0.717) is 18.1 Å². The maximum atomic E-state index is 12.3. The maximum absolute atomic E-state index is 12.3. The highest BCUT2D eigenvalue weighted by Crippen LogP contribution is 2.19. The summed E-state index contributed by atoms with van der Waals surface area (Å²) >= 11 is 5.89. The topological polar surface area (TPSA) is 52.6 Å². The molecule has 118 valence electrons. The Bertz CT molecular complexity index is 454. The molecule has 2 N–H and O–H groups in total. The van der Waals surface area contributed by atoms with Gasteiger partial charge in [-0.1, -0.05) is 30.7 Å². The van der Waals surface area contributed by atoms with Crippen molar-refractivity contribution in [3.8, 4) is 0 Å². The number of carbonyl (C=O) groups is 1. The number of likely N-dealkylation sites (N-methyl/N-ethyl adjacent to an activating group) is 1. The number of nitrogens with one attached hydrogen (secondary N) is 1. The molecule has 21 heavy (non-hydrogen) atoms. The van der Waals surface area contributed by atoms with Crippen molar-refractivity contribution in [2.75, 3.05) is 13.1 Å². The Hall–Kier alpha value is -1.26. The summed E-state index contributed by atoms with van der Waals surface area (Å²) in [5.74, 6) is 0. The molecular formula is C16H25ClN2O2. The summed E-state index contributed by atoms with van der Waals surface area (Å²) in [4.78, 5) is 13.9. The third-order valence-corrected chi connectivity index (χ3v) is 3.48. The lowest BCUT2D eigenvalue weighted by Gasteiger charge is -2.30. The highest BCUT2D eigenvalue weighted by Gasteiger charge is 2.23. The lowest BCUT2D eigenvalue weighted by Crippen LogP contribution is -2.47. The Morgan fingerprint density at radius 1 is 1.33 bits per heavy atom. The molecule has 2 amide bonds. The van der Waals surface area contributed by atoms with E-state index in [2.05, 4.69) is 5.32 Å². The van der Waals surface area contributed by atoms with Crippen LogP contribution >= 0.6 is 11.6 Å². The number of urea groups is 1. The van der Waals surface area contributed by atoms with Crippen LogP contribution in [0.4, 0.5) is 4.79 Å². The fraction of sp³-hybridized carbons (Fsp3) is 0.562. The van der Waals surface area contributed by atoms with Crippen LogP contribution in [-0.2, 0) is 0 Å². The second-order valence-electron chi connectivity index (χ2n) is 5.79. The number of halogens is 1. The zero-order valence-electron chi connectivity index (χ0n) is 13.2. The molecule has 0 fully saturated rings. The van der Waals surface area contributed by atoms with Crippen LogP contribution in [0.3, 0.4) is 0 Å². The summed E-state index contributed by atoms with van der Waals surface area (Å²) in [7, 11) is 0. The lowest BCUT2D eigenvalue weighted by molar-refractivity contribution is 0.0475. The predicted molar refractivity (Wildman–Crippen MR) is 86.6 cm³/mol. The minimum Gasteiger partial charge on any atom is -0.389 e. The average Bonchev–Trinajstić information content (AvgIpc) is 2.42. The van der Waals surface area contributed by atoms with Gasteiger partial charge in [0.25, 0.3) is 0 Å². The van der Waals surface area contributed by atoms with Crippen LogP contribution in [0, 0.1) is 0 Å². The molecule has 0 bridgehead atoms. The van der Waals surface area contributed by atoms with Crippen molar-refractivity contribution in [1.29, 1.82) is 0 Å². The fourth-order valence-electron chi connectivity index (χ4n) is 2.15. The van der Waals surface area contributed by atoms with Crippen LogP contribution in [-0.4, -0.2) is 34.7 Å². The van der Waals surface area contributed by atoms with Gasteiger partial charge in [0.2, 0.25) is 0 Å². The Morgan fingerprint density at radius 2 is 1.90 bits per heavy atom. The number of amides is 2. The summed E-state index contributed by atoms with van der Waals surface area (Å²) in [6.45, 7) is 8.15. The zero-order chi connectivity index (χ0) is 16.0. The van der Waals surface area contributed by atoms with E-state index in [1.165, 1.54) is 0 Å². The van der Waals surface area contributed by atoms with Crippen molar-refractivity contribution in [2.24, 2.45) is 0 Å². The molecule has 4 nitrogen and oxygen atoms in total. The zero-order valence-corrected chi connectivity index (χ0v) is 13.9. The number of carbonyl (C=O) groups excluding carboxylic acids is 1. The van der Waals surface area contributed by atoms with E-state index in [0.717, 1.165) is 12.0 Å². The lowest BCUT2D eigenvalue weighted by atomic mass is 10.0. The Morgan fingerprint density at radius 3 is 2.33 bits per heavy atom. The van der Waals surface area contributed by atoms with E-state index in [4.69, 9.17) is 11.6 Å². The van der Waals surface area contributed by atoms with Gasteiger partial charge in [-0.2, -0.15) is 0 Å². The summed E-state index contributed by atoms with van der Waals surface area (Å²) < 4.78 is 0. The molecule has 1 unspecified atom stereocenters. The molecule has 0 aromatic heterocycles. The Balaban J connectivity index is 2.75. The van der Waals surface area contributed by atoms with E-state index < -0.39 is 5.60 Å². The second kappa shape index (κ2) is 7.66. The molecule has 1 aromatic rings. The molecular weight excluding hydrogens is 288 g/mol. The average molecular weight is 313 g/mol. The van der Waals surface area contributed by atoms with Crippen molar-refractivity contribution >= 4 is 17.6 Å². The van der Waals surface area contributed by atoms with Crippen molar-refractivity contribution in [1.82, 2.24) is 10.2 Å². The van der Waals surface area contributed by atoms with Crippen LogP contribution in [0.25, 0.3) is 0 Å². The number of aliphatic hydroxyl groups is 1. The maximum Gasteiger partial charge on any atom is 0.317 e. The molecule has 0 spiro atoms. The Labute approximate surface area is 132 Å². The number of hydrogen-bond donors (Lipinski definition) is 2. The van der Waals surface area contributed by atoms with Gasteiger partial charge < -0.3 is 15.3 Å². The minimum atomic E-state index is -0.907.